The number of nitrogens with one attached hydrogen (secondary N) is 2. The van der Waals surface area contributed by atoms with Crippen LogP contribution in [0.15, 0.2) is 48.5 Å². The van der Waals surface area contributed by atoms with Crippen molar-refractivity contribution in [3.63, 3.8) is 0 Å². The Morgan fingerprint density at radius 3 is 2.21 bits per heavy atom. The van der Waals surface area contributed by atoms with E-state index in [1.54, 1.807) is 48.5 Å². The molecule has 0 bridgehead atoms. The van der Waals surface area contributed by atoms with E-state index in [0.717, 1.165) is 6.54 Å². The summed E-state index contributed by atoms with van der Waals surface area (Å²) in [6.07, 6.45) is 0. The van der Waals surface area contributed by atoms with Crippen LogP contribution in [0.4, 0.5) is 5.69 Å². The molecule has 2 rings (SSSR count). The van der Waals surface area contributed by atoms with Gasteiger partial charge in [0, 0.05) is 34.9 Å². The van der Waals surface area contributed by atoms with Crippen molar-refractivity contribution in [1.29, 1.82) is 0 Å². The number of carbonyl (C=O) groups is 2. The molecule has 0 aliphatic heterocycles. The van der Waals surface area contributed by atoms with Crippen molar-refractivity contribution in [2.45, 2.75) is 0 Å². The molecule has 0 spiro atoms. The molecule has 0 aliphatic rings. The molecule has 126 valence electrons. The van der Waals surface area contributed by atoms with Gasteiger partial charge >= 0.3 is 0 Å². The highest BCUT2D eigenvalue weighted by Crippen LogP contribution is 2.16. The van der Waals surface area contributed by atoms with E-state index in [0.29, 0.717) is 28.4 Å². The van der Waals surface area contributed by atoms with Gasteiger partial charge < -0.3 is 15.5 Å². The Morgan fingerprint density at radius 2 is 1.62 bits per heavy atom. The predicted molar refractivity (Wildman–Crippen MR) is 96.7 cm³/mol. The van der Waals surface area contributed by atoms with Gasteiger partial charge in [0.1, 0.15) is 0 Å². The molecule has 0 aromatic heterocycles. The number of anilines is 1. The largest absolute Gasteiger partial charge is 0.351 e. The van der Waals surface area contributed by atoms with Crippen LogP contribution in [-0.2, 0) is 0 Å². The Balaban J connectivity index is 1.95. The SMILES string of the molecule is CN(C)CCNC(=O)c1ccc(C(=O)Nc2cccc(Cl)c2)cc1. The van der Waals surface area contributed by atoms with E-state index >= 15 is 0 Å². The maximum Gasteiger partial charge on any atom is 0.255 e. The average molecular weight is 346 g/mol. The van der Waals surface area contributed by atoms with E-state index in [2.05, 4.69) is 10.6 Å². The van der Waals surface area contributed by atoms with Crippen LogP contribution >= 0.6 is 11.6 Å². The Hall–Kier alpha value is -2.37. The number of hydrogen-bond acceptors (Lipinski definition) is 3. The minimum absolute atomic E-state index is 0.154. The molecule has 2 aromatic rings. The van der Waals surface area contributed by atoms with Gasteiger partial charge in [-0.3, -0.25) is 9.59 Å². The topological polar surface area (TPSA) is 61.4 Å². The van der Waals surface area contributed by atoms with E-state index < -0.39 is 0 Å². The smallest absolute Gasteiger partial charge is 0.255 e. The van der Waals surface area contributed by atoms with Crippen molar-refractivity contribution < 1.29 is 9.59 Å². The van der Waals surface area contributed by atoms with E-state index in [1.165, 1.54) is 0 Å². The number of hydrogen-bond donors (Lipinski definition) is 2. The molecule has 0 aliphatic carbocycles. The first kappa shape index (κ1) is 18.0. The number of carbonyl (C=O) groups excluding carboxylic acids is 2. The highest BCUT2D eigenvalue weighted by atomic mass is 35.5. The standard InChI is InChI=1S/C18H20ClN3O2/c1-22(2)11-10-20-17(23)13-6-8-14(9-7-13)18(24)21-16-5-3-4-15(19)12-16/h3-9,12H,10-11H2,1-2H3,(H,20,23)(H,21,24). The lowest BCUT2D eigenvalue weighted by atomic mass is 10.1. The molecule has 0 saturated heterocycles. The fraction of sp³-hybridized carbons (Fsp3) is 0.222. The van der Waals surface area contributed by atoms with Crippen LogP contribution in [0.3, 0.4) is 0 Å². The third-order valence-electron chi connectivity index (χ3n) is 3.34. The lowest BCUT2D eigenvalue weighted by Gasteiger charge is -2.10. The molecule has 2 N–H and O–H groups in total. The van der Waals surface area contributed by atoms with E-state index in [-0.39, 0.29) is 11.8 Å². The van der Waals surface area contributed by atoms with Gasteiger partial charge in [0.25, 0.3) is 11.8 Å². The summed E-state index contributed by atoms with van der Waals surface area (Å²) in [5.41, 5.74) is 1.62. The summed E-state index contributed by atoms with van der Waals surface area (Å²) in [5.74, 6) is -0.407. The minimum atomic E-state index is -0.253. The van der Waals surface area contributed by atoms with Gasteiger partial charge in [0.05, 0.1) is 0 Å². The maximum absolute atomic E-state index is 12.2. The van der Waals surface area contributed by atoms with E-state index in [9.17, 15) is 9.59 Å². The summed E-state index contributed by atoms with van der Waals surface area (Å²) >= 11 is 5.89. The Bertz CT molecular complexity index is 714. The van der Waals surface area contributed by atoms with Crippen molar-refractivity contribution in [3.05, 3.63) is 64.7 Å². The van der Waals surface area contributed by atoms with Crippen LogP contribution in [0.1, 0.15) is 20.7 Å². The Morgan fingerprint density at radius 1 is 1.00 bits per heavy atom. The zero-order valence-electron chi connectivity index (χ0n) is 13.7. The second kappa shape index (κ2) is 8.47. The Labute approximate surface area is 146 Å². The number of rotatable bonds is 6. The van der Waals surface area contributed by atoms with Crippen LogP contribution in [0.5, 0.6) is 0 Å². The number of amides is 2. The highest BCUT2D eigenvalue weighted by molar-refractivity contribution is 6.31. The molecular formula is C18H20ClN3O2. The van der Waals surface area contributed by atoms with Gasteiger partial charge in [0.15, 0.2) is 0 Å². The Kier molecular flexibility index (Phi) is 6.35. The van der Waals surface area contributed by atoms with E-state index in [1.807, 2.05) is 19.0 Å². The van der Waals surface area contributed by atoms with Gasteiger partial charge in [-0.15, -0.1) is 0 Å². The zero-order valence-corrected chi connectivity index (χ0v) is 14.4. The molecular weight excluding hydrogens is 326 g/mol. The van der Waals surface area contributed by atoms with Gasteiger partial charge in [0.2, 0.25) is 0 Å². The number of likely N-dealkylation sites (N-methyl/N-ethyl adjacent to an activating group) is 1. The molecule has 0 unspecified atom stereocenters. The zero-order chi connectivity index (χ0) is 17.5. The van der Waals surface area contributed by atoms with Crippen LogP contribution < -0.4 is 10.6 Å². The fourth-order valence-electron chi connectivity index (χ4n) is 2.04. The highest BCUT2D eigenvalue weighted by Gasteiger charge is 2.09. The predicted octanol–water partition coefficient (Wildman–Crippen LogP) is 2.88. The van der Waals surface area contributed by atoms with Gasteiger partial charge in [-0.25, -0.2) is 0 Å². The molecule has 5 nitrogen and oxygen atoms in total. The molecule has 2 amide bonds. The maximum atomic E-state index is 12.2. The third-order valence-corrected chi connectivity index (χ3v) is 3.57. The van der Waals surface area contributed by atoms with Gasteiger partial charge in [-0.05, 0) is 56.6 Å². The molecule has 0 radical (unpaired) electrons. The van der Waals surface area contributed by atoms with Gasteiger partial charge in [-0.2, -0.15) is 0 Å². The normalized spacial score (nSPS) is 10.5. The average Bonchev–Trinajstić information content (AvgIpc) is 2.54. The molecule has 0 atom stereocenters. The first-order chi connectivity index (χ1) is 11.5. The van der Waals surface area contributed by atoms with Crippen molar-refractivity contribution in [3.8, 4) is 0 Å². The summed E-state index contributed by atoms with van der Waals surface area (Å²) in [5, 5.41) is 6.15. The summed E-state index contributed by atoms with van der Waals surface area (Å²) in [6.45, 7) is 1.34. The lowest BCUT2D eigenvalue weighted by molar-refractivity contribution is 0.0949. The molecule has 0 heterocycles. The molecule has 0 fully saturated rings. The van der Waals surface area contributed by atoms with Crippen molar-refractivity contribution >= 4 is 29.1 Å². The van der Waals surface area contributed by atoms with Crippen molar-refractivity contribution in [2.75, 3.05) is 32.5 Å². The van der Waals surface area contributed by atoms with Crippen molar-refractivity contribution in [2.24, 2.45) is 0 Å². The van der Waals surface area contributed by atoms with Gasteiger partial charge in [-0.1, -0.05) is 17.7 Å². The van der Waals surface area contributed by atoms with Crippen LogP contribution in [0, 0.1) is 0 Å². The molecule has 0 saturated carbocycles. The fourth-order valence-corrected chi connectivity index (χ4v) is 2.23. The second-order valence-corrected chi connectivity index (χ2v) is 6.04. The number of halogens is 1. The third kappa shape index (κ3) is 5.37. The first-order valence-electron chi connectivity index (χ1n) is 7.55. The molecule has 2 aromatic carbocycles. The number of benzene rings is 2. The van der Waals surface area contributed by atoms with Crippen molar-refractivity contribution in [1.82, 2.24) is 10.2 Å². The monoisotopic (exact) mass is 345 g/mol. The molecule has 6 heteroatoms. The first-order valence-corrected chi connectivity index (χ1v) is 7.93. The van der Waals surface area contributed by atoms with Crippen LogP contribution in [0.25, 0.3) is 0 Å². The van der Waals surface area contributed by atoms with E-state index in [4.69, 9.17) is 11.6 Å². The second-order valence-electron chi connectivity index (χ2n) is 5.60. The van der Waals surface area contributed by atoms with Crippen LogP contribution in [-0.4, -0.2) is 43.9 Å². The molecule has 24 heavy (non-hydrogen) atoms. The number of nitrogens with zero attached hydrogens (tertiary/aromatic N) is 1. The quantitative estimate of drug-likeness (QED) is 0.846. The summed E-state index contributed by atoms with van der Waals surface area (Å²) in [6, 6.07) is 13.5. The summed E-state index contributed by atoms with van der Waals surface area (Å²) < 4.78 is 0. The van der Waals surface area contributed by atoms with Crippen LogP contribution in [0.2, 0.25) is 5.02 Å². The lowest BCUT2D eigenvalue weighted by Crippen LogP contribution is -2.31. The minimum Gasteiger partial charge on any atom is -0.351 e. The summed E-state index contributed by atoms with van der Waals surface area (Å²) in [7, 11) is 3.89. The summed E-state index contributed by atoms with van der Waals surface area (Å²) in [4.78, 5) is 26.2.